The van der Waals surface area contributed by atoms with Crippen LogP contribution >= 0.6 is 0 Å². The predicted octanol–water partition coefficient (Wildman–Crippen LogP) is 1.40. The van der Waals surface area contributed by atoms with Crippen molar-refractivity contribution >= 4 is 6.21 Å². The number of hydrogen-bond donors (Lipinski definition) is 0. The molecule has 0 aromatic carbocycles. The van der Waals surface area contributed by atoms with Crippen LogP contribution in [0.5, 0.6) is 0 Å². The second-order valence-electron chi connectivity index (χ2n) is 1.16. The van der Waals surface area contributed by atoms with Crippen LogP contribution in [-0.4, -0.2) is 12.8 Å². The van der Waals surface area contributed by atoms with Gasteiger partial charge in [-0.15, -0.1) is 0 Å². The van der Waals surface area contributed by atoms with Crippen LogP contribution in [0.3, 0.4) is 0 Å². The highest BCUT2D eigenvalue weighted by molar-refractivity contribution is 5.56. The van der Waals surface area contributed by atoms with Gasteiger partial charge in [0, 0.05) is 6.21 Å². The average molecular weight is 112 g/mol. The number of oxime groups is 1. The van der Waals surface area contributed by atoms with Crippen molar-refractivity contribution in [1.29, 1.82) is 0 Å². The third-order valence-electron chi connectivity index (χ3n) is 0.471. The summed E-state index contributed by atoms with van der Waals surface area (Å²) in [6, 6.07) is 0. The molecule has 0 atom stereocenters. The van der Waals surface area contributed by atoms with Crippen LogP contribution in [0.2, 0.25) is 0 Å². The molecule has 2 nitrogen and oxygen atoms in total. The van der Waals surface area contributed by atoms with Crippen molar-refractivity contribution < 1.29 is 4.84 Å². The van der Waals surface area contributed by atoms with Crippen molar-refractivity contribution in [2.45, 2.75) is 6.42 Å². The van der Waals surface area contributed by atoms with E-state index in [0.29, 0.717) is 13.0 Å². The molecule has 0 amide bonds. The second kappa shape index (κ2) is 6.21. The van der Waals surface area contributed by atoms with Crippen LogP contribution in [0.15, 0.2) is 17.8 Å². The van der Waals surface area contributed by atoms with Crippen LogP contribution < -0.4 is 0 Å². The van der Waals surface area contributed by atoms with Gasteiger partial charge in [0.25, 0.3) is 0 Å². The van der Waals surface area contributed by atoms with Crippen molar-refractivity contribution in [3.8, 4) is 0 Å². The Bertz CT molecular complexity index is 78.6. The maximum Gasteiger partial charge on any atom is 0.135 e. The van der Waals surface area contributed by atoms with Crippen molar-refractivity contribution in [2.24, 2.45) is 5.16 Å². The maximum absolute atomic E-state index is 4.63. The lowest BCUT2D eigenvalue weighted by atomic mass is 10.6. The van der Waals surface area contributed by atoms with Crippen molar-refractivity contribution in [1.82, 2.24) is 0 Å². The first kappa shape index (κ1) is 7.21. The number of rotatable bonds is 4. The van der Waals surface area contributed by atoms with Crippen LogP contribution in [0.1, 0.15) is 6.42 Å². The predicted molar refractivity (Wildman–Crippen MR) is 34.6 cm³/mol. The van der Waals surface area contributed by atoms with Gasteiger partial charge in [0.15, 0.2) is 0 Å². The molecule has 0 aliphatic rings. The third kappa shape index (κ3) is 5.21. The van der Waals surface area contributed by atoms with E-state index < -0.39 is 0 Å². The van der Waals surface area contributed by atoms with Crippen LogP contribution in [0.4, 0.5) is 0 Å². The summed E-state index contributed by atoms with van der Waals surface area (Å²) in [7, 11) is 0. The summed E-state index contributed by atoms with van der Waals surface area (Å²) >= 11 is 0. The third-order valence-corrected chi connectivity index (χ3v) is 0.471. The van der Waals surface area contributed by atoms with E-state index in [4.69, 9.17) is 0 Å². The fourth-order valence-corrected chi connectivity index (χ4v) is 0.201. The van der Waals surface area contributed by atoms with Gasteiger partial charge in [-0.05, 0) is 13.3 Å². The first-order chi connectivity index (χ1) is 3.91. The fraction of sp³-hybridized carbons (Fsp3) is 0.333. The normalized spacial score (nSPS) is 9.62. The molecule has 0 N–H and O–H groups in total. The van der Waals surface area contributed by atoms with Crippen LogP contribution in [-0.2, 0) is 4.84 Å². The van der Waals surface area contributed by atoms with Gasteiger partial charge in [-0.25, -0.2) is 0 Å². The summed E-state index contributed by atoms with van der Waals surface area (Å²) in [4.78, 5) is 4.63. The minimum absolute atomic E-state index is 0.469. The molecule has 0 bridgehead atoms. The van der Waals surface area contributed by atoms with Crippen molar-refractivity contribution in [3.05, 3.63) is 19.6 Å². The zero-order chi connectivity index (χ0) is 6.24. The molecular formula is C6H10NO. The molecular weight excluding hydrogens is 102 g/mol. The average Bonchev–Trinajstić information content (AvgIpc) is 1.81. The standard InChI is InChI=1S/C6H10NO/c1-3-5-7-8-6-4-2/h4-5H,1-3,6H2. The molecule has 0 saturated carbocycles. The molecule has 0 aliphatic heterocycles. The van der Waals surface area contributed by atoms with E-state index in [1.807, 2.05) is 0 Å². The Hall–Kier alpha value is -0.790. The lowest BCUT2D eigenvalue weighted by molar-refractivity contribution is 0.176. The molecule has 1 radical (unpaired) electrons. The van der Waals surface area contributed by atoms with Crippen molar-refractivity contribution in [2.75, 3.05) is 6.61 Å². The molecule has 0 spiro atoms. The van der Waals surface area contributed by atoms with Gasteiger partial charge in [-0.2, -0.15) is 0 Å². The lowest BCUT2D eigenvalue weighted by Crippen LogP contribution is -1.80. The Morgan fingerprint density at radius 2 is 2.38 bits per heavy atom. The molecule has 0 saturated heterocycles. The second-order valence-corrected chi connectivity index (χ2v) is 1.16. The quantitative estimate of drug-likeness (QED) is 0.233. The molecule has 0 unspecified atom stereocenters. The van der Waals surface area contributed by atoms with E-state index >= 15 is 0 Å². The molecule has 8 heavy (non-hydrogen) atoms. The molecule has 45 valence electrons. The summed E-state index contributed by atoms with van der Waals surface area (Å²) in [5.74, 6) is 0. The van der Waals surface area contributed by atoms with E-state index in [9.17, 15) is 0 Å². The summed E-state index contributed by atoms with van der Waals surface area (Å²) in [6.45, 7) is 7.44. The van der Waals surface area contributed by atoms with Gasteiger partial charge in [0.2, 0.25) is 0 Å². The van der Waals surface area contributed by atoms with Gasteiger partial charge in [0.05, 0.1) is 0 Å². The molecule has 2 heteroatoms. The topological polar surface area (TPSA) is 21.6 Å². The Balaban J connectivity index is 2.90. The Morgan fingerprint density at radius 3 is 2.88 bits per heavy atom. The van der Waals surface area contributed by atoms with E-state index in [0.717, 1.165) is 0 Å². The van der Waals surface area contributed by atoms with Crippen LogP contribution in [0.25, 0.3) is 0 Å². The highest BCUT2D eigenvalue weighted by Crippen LogP contribution is 1.74. The molecule has 0 aromatic heterocycles. The minimum atomic E-state index is 0.469. The van der Waals surface area contributed by atoms with E-state index in [1.54, 1.807) is 12.3 Å². The van der Waals surface area contributed by atoms with Gasteiger partial charge < -0.3 is 4.84 Å². The monoisotopic (exact) mass is 112 g/mol. The zero-order valence-electron chi connectivity index (χ0n) is 4.84. The van der Waals surface area contributed by atoms with E-state index in [2.05, 4.69) is 23.5 Å². The van der Waals surface area contributed by atoms with Crippen molar-refractivity contribution in [3.63, 3.8) is 0 Å². The van der Waals surface area contributed by atoms with Gasteiger partial charge in [-0.1, -0.05) is 17.8 Å². The molecule has 0 aliphatic carbocycles. The highest BCUT2D eigenvalue weighted by Gasteiger charge is 1.68. The largest absolute Gasteiger partial charge is 0.392 e. The Morgan fingerprint density at radius 1 is 1.62 bits per heavy atom. The fourth-order valence-electron chi connectivity index (χ4n) is 0.201. The first-order valence-electron chi connectivity index (χ1n) is 2.45. The molecule has 0 heterocycles. The summed E-state index contributed by atoms with van der Waals surface area (Å²) in [5.41, 5.74) is 0. The number of nitrogens with zero attached hydrogens (tertiary/aromatic N) is 1. The first-order valence-corrected chi connectivity index (χ1v) is 2.45. The van der Waals surface area contributed by atoms with Gasteiger partial charge in [-0.3, -0.25) is 0 Å². The van der Waals surface area contributed by atoms with Gasteiger partial charge in [0.1, 0.15) is 6.61 Å². The molecule has 0 fully saturated rings. The Kier molecular flexibility index (Phi) is 5.60. The van der Waals surface area contributed by atoms with E-state index in [-0.39, 0.29) is 0 Å². The highest BCUT2D eigenvalue weighted by atomic mass is 16.6. The van der Waals surface area contributed by atoms with Gasteiger partial charge >= 0.3 is 0 Å². The SMILES string of the molecule is [CH2]CC=NOCC=C. The van der Waals surface area contributed by atoms with E-state index in [1.165, 1.54) is 0 Å². The smallest absolute Gasteiger partial charge is 0.135 e. The summed E-state index contributed by atoms with van der Waals surface area (Å²) < 4.78 is 0. The number of hydrogen-bond acceptors (Lipinski definition) is 2. The Labute approximate surface area is 49.8 Å². The minimum Gasteiger partial charge on any atom is -0.392 e. The zero-order valence-corrected chi connectivity index (χ0v) is 4.84. The molecule has 0 rings (SSSR count). The molecule has 0 aromatic rings. The van der Waals surface area contributed by atoms with Crippen LogP contribution in [0, 0.1) is 6.92 Å². The maximum atomic E-state index is 4.63. The lowest BCUT2D eigenvalue weighted by Gasteiger charge is -1.87. The summed E-state index contributed by atoms with van der Waals surface area (Å²) in [6.07, 6.45) is 3.90. The summed E-state index contributed by atoms with van der Waals surface area (Å²) in [5, 5.41) is 3.52.